The fraction of sp³-hybridized carbons (Fsp3) is 0.500. The Kier molecular flexibility index (Phi) is 3.94. The van der Waals surface area contributed by atoms with Gasteiger partial charge in [0.25, 0.3) is 0 Å². The van der Waals surface area contributed by atoms with Gasteiger partial charge in [-0.15, -0.1) is 0 Å². The first-order valence-electron chi connectivity index (χ1n) is 8.81. The van der Waals surface area contributed by atoms with Crippen LogP contribution in [0.5, 0.6) is 0 Å². The number of aromatic nitrogens is 3. The molecule has 2 aliphatic rings. The average Bonchev–Trinajstić information content (AvgIpc) is 3.34. The third-order valence-electron chi connectivity index (χ3n) is 5.08. The van der Waals surface area contributed by atoms with E-state index in [9.17, 15) is 14.0 Å². The van der Waals surface area contributed by atoms with Crippen LogP contribution in [0.25, 0.3) is 0 Å². The molecule has 7 heteroatoms. The predicted molar refractivity (Wildman–Crippen MR) is 89.5 cm³/mol. The van der Waals surface area contributed by atoms with E-state index in [1.54, 1.807) is 10.6 Å². The zero-order valence-corrected chi connectivity index (χ0v) is 14.0. The Morgan fingerprint density at radius 2 is 2.12 bits per heavy atom. The van der Waals surface area contributed by atoms with Crippen molar-refractivity contribution in [3.05, 3.63) is 52.0 Å². The van der Waals surface area contributed by atoms with Crippen LogP contribution in [0.15, 0.2) is 29.1 Å². The summed E-state index contributed by atoms with van der Waals surface area (Å²) in [5, 5.41) is 7.30. The molecule has 0 saturated heterocycles. The zero-order valence-electron chi connectivity index (χ0n) is 14.0. The molecule has 1 aromatic heterocycles. The summed E-state index contributed by atoms with van der Waals surface area (Å²) >= 11 is 0. The van der Waals surface area contributed by atoms with E-state index in [1.165, 1.54) is 16.8 Å². The summed E-state index contributed by atoms with van der Waals surface area (Å²) < 4.78 is 16.4. The Labute approximate surface area is 144 Å². The molecule has 6 nitrogen and oxygen atoms in total. The van der Waals surface area contributed by atoms with E-state index in [2.05, 4.69) is 10.4 Å². The Balaban J connectivity index is 1.49. The van der Waals surface area contributed by atoms with Crippen LogP contribution in [0.2, 0.25) is 0 Å². The van der Waals surface area contributed by atoms with Gasteiger partial charge in [0, 0.05) is 13.0 Å². The van der Waals surface area contributed by atoms with Crippen molar-refractivity contribution in [3.63, 3.8) is 0 Å². The second-order valence-electron chi connectivity index (χ2n) is 6.96. The van der Waals surface area contributed by atoms with E-state index in [0.717, 1.165) is 49.9 Å². The Bertz CT molecular complexity index is 866. The standard InChI is InChI=1S/C18H21FN4O2/c19-14-6-4-5-13(11-14)18(8-9-18)20-16(24)12-23-17(25)22-10-3-1-2-7-15(22)21-23/h4-6,11H,1-3,7-10,12H2,(H,20,24). The molecular formula is C18H21FN4O2. The minimum Gasteiger partial charge on any atom is -0.345 e. The molecule has 0 spiro atoms. The van der Waals surface area contributed by atoms with Gasteiger partial charge in [0.1, 0.15) is 18.2 Å². The molecule has 0 bridgehead atoms. The molecule has 1 fully saturated rings. The van der Waals surface area contributed by atoms with Crippen LogP contribution in [0.3, 0.4) is 0 Å². The lowest BCUT2D eigenvalue weighted by Gasteiger charge is -2.18. The van der Waals surface area contributed by atoms with Crippen molar-refractivity contribution in [3.8, 4) is 0 Å². The molecule has 2 aromatic rings. The molecule has 2 heterocycles. The number of fused-ring (bicyclic) bond motifs is 1. The van der Waals surface area contributed by atoms with Crippen molar-refractivity contribution in [2.75, 3.05) is 0 Å². The van der Waals surface area contributed by atoms with Crippen LogP contribution >= 0.6 is 0 Å². The lowest BCUT2D eigenvalue weighted by Crippen LogP contribution is -2.39. The second kappa shape index (κ2) is 6.13. The molecule has 1 aliphatic carbocycles. The summed E-state index contributed by atoms with van der Waals surface area (Å²) in [7, 11) is 0. The highest BCUT2D eigenvalue weighted by Crippen LogP contribution is 2.45. The van der Waals surface area contributed by atoms with Crippen molar-refractivity contribution >= 4 is 5.91 Å². The summed E-state index contributed by atoms with van der Waals surface area (Å²) in [5.74, 6) is 0.186. The third-order valence-corrected chi connectivity index (χ3v) is 5.08. The average molecular weight is 344 g/mol. The largest absolute Gasteiger partial charge is 0.346 e. The summed E-state index contributed by atoms with van der Waals surface area (Å²) in [6.07, 6.45) is 5.41. The van der Waals surface area contributed by atoms with Crippen LogP contribution in [0, 0.1) is 5.82 Å². The summed E-state index contributed by atoms with van der Waals surface area (Å²) in [5.41, 5.74) is 0.0519. The fourth-order valence-electron chi connectivity index (χ4n) is 3.57. The van der Waals surface area contributed by atoms with Crippen molar-refractivity contribution in [2.24, 2.45) is 0 Å². The Hall–Kier alpha value is -2.44. The highest BCUT2D eigenvalue weighted by molar-refractivity contribution is 5.77. The molecule has 1 aromatic carbocycles. The van der Waals surface area contributed by atoms with Gasteiger partial charge in [-0.25, -0.2) is 13.9 Å². The molecule has 25 heavy (non-hydrogen) atoms. The van der Waals surface area contributed by atoms with Crippen LogP contribution in [-0.2, 0) is 29.8 Å². The number of amides is 1. The summed E-state index contributed by atoms with van der Waals surface area (Å²) in [6.45, 7) is 0.568. The van der Waals surface area contributed by atoms with E-state index in [-0.39, 0.29) is 24.0 Å². The molecule has 4 rings (SSSR count). The number of benzene rings is 1. The highest BCUT2D eigenvalue weighted by Gasteiger charge is 2.45. The third kappa shape index (κ3) is 3.10. The van der Waals surface area contributed by atoms with E-state index in [4.69, 9.17) is 0 Å². The monoisotopic (exact) mass is 344 g/mol. The maximum Gasteiger partial charge on any atom is 0.346 e. The van der Waals surface area contributed by atoms with Gasteiger partial charge >= 0.3 is 5.69 Å². The number of nitrogens with zero attached hydrogens (tertiary/aromatic N) is 3. The molecule has 0 radical (unpaired) electrons. The number of hydrogen-bond donors (Lipinski definition) is 1. The van der Waals surface area contributed by atoms with Crippen molar-refractivity contribution in [2.45, 2.75) is 57.2 Å². The van der Waals surface area contributed by atoms with Crippen molar-refractivity contribution < 1.29 is 9.18 Å². The van der Waals surface area contributed by atoms with Crippen molar-refractivity contribution in [1.29, 1.82) is 0 Å². The van der Waals surface area contributed by atoms with Crippen LogP contribution in [0.4, 0.5) is 4.39 Å². The van der Waals surface area contributed by atoms with Gasteiger partial charge in [-0.3, -0.25) is 9.36 Å². The predicted octanol–water partition coefficient (Wildman–Crippen LogP) is 1.72. The van der Waals surface area contributed by atoms with Gasteiger partial charge in [-0.2, -0.15) is 5.10 Å². The lowest BCUT2D eigenvalue weighted by atomic mass is 10.0. The topological polar surface area (TPSA) is 68.9 Å². The quantitative estimate of drug-likeness (QED) is 0.918. The number of nitrogens with one attached hydrogen (secondary N) is 1. The SMILES string of the molecule is O=C(Cn1nc2n(c1=O)CCCCC2)NC1(c2cccc(F)c2)CC1. The minimum atomic E-state index is -0.500. The maximum atomic E-state index is 13.5. The molecule has 0 unspecified atom stereocenters. The van der Waals surface area contributed by atoms with Crippen LogP contribution < -0.4 is 11.0 Å². The molecule has 1 aliphatic heterocycles. The molecule has 1 N–H and O–H groups in total. The fourth-order valence-corrected chi connectivity index (χ4v) is 3.57. The van der Waals surface area contributed by atoms with E-state index in [1.807, 2.05) is 6.07 Å². The molecule has 132 valence electrons. The first-order chi connectivity index (χ1) is 12.1. The van der Waals surface area contributed by atoms with E-state index < -0.39 is 5.54 Å². The Morgan fingerprint density at radius 1 is 1.28 bits per heavy atom. The van der Waals surface area contributed by atoms with Gasteiger partial charge in [0.05, 0.1) is 5.54 Å². The smallest absolute Gasteiger partial charge is 0.345 e. The van der Waals surface area contributed by atoms with Crippen molar-refractivity contribution in [1.82, 2.24) is 19.7 Å². The summed E-state index contributed by atoms with van der Waals surface area (Å²) in [4.78, 5) is 24.9. The number of hydrogen-bond acceptors (Lipinski definition) is 3. The maximum absolute atomic E-state index is 13.5. The Morgan fingerprint density at radius 3 is 2.88 bits per heavy atom. The van der Waals surface area contributed by atoms with Crippen LogP contribution in [0.1, 0.15) is 43.5 Å². The number of rotatable bonds is 4. The minimum absolute atomic E-state index is 0.101. The normalized spacial score (nSPS) is 18.3. The van der Waals surface area contributed by atoms with Gasteiger partial charge in [0.15, 0.2) is 0 Å². The second-order valence-corrected chi connectivity index (χ2v) is 6.96. The van der Waals surface area contributed by atoms with Gasteiger partial charge in [-0.05, 0) is 43.4 Å². The number of aryl methyl sites for hydroxylation is 1. The summed E-state index contributed by atoms with van der Waals surface area (Å²) in [6, 6.07) is 6.31. The van der Waals surface area contributed by atoms with Crippen LogP contribution in [-0.4, -0.2) is 20.3 Å². The highest BCUT2D eigenvalue weighted by atomic mass is 19.1. The molecule has 1 saturated carbocycles. The van der Waals surface area contributed by atoms with E-state index in [0.29, 0.717) is 6.54 Å². The van der Waals surface area contributed by atoms with Gasteiger partial charge in [-0.1, -0.05) is 18.6 Å². The first-order valence-corrected chi connectivity index (χ1v) is 8.81. The molecular weight excluding hydrogens is 323 g/mol. The van der Waals surface area contributed by atoms with E-state index >= 15 is 0 Å². The number of carbonyl (C=O) groups excluding carboxylic acids is 1. The first kappa shape index (κ1) is 16.1. The molecule has 1 amide bonds. The number of halogens is 1. The van der Waals surface area contributed by atoms with Gasteiger partial charge in [0.2, 0.25) is 5.91 Å². The zero-order chi connectivity index (χ0) is 17.4. The lowest BCUT2D eigenvalue weighted by molar-refractivity contribution is -0.123. The number of carbonyl (C=O) groups is 1. The van der Waals surface area contributed by atoms with Gasteiger partial charge < -0.3 is 5.32 Å². The molecule has 0 atom stereocenters.